The quantitative estimate of drug-likeness (QED) is 0.836. The number of methoxy groups -OCH3 is 1. The molecule has 2 rings (SSSR count). The van der Waals surface area contributed by atoms with E-state index >= 15 is 0 Å². The van der Waals surface area contributed by atoms with Gasteiger partial charge in [0.05, 0.1) is 7.11 Å². The first-order valence-corrected chi connectivity index (χ1v) is 7.30. The molecule has 0 spiro atoms. The second kappa shape index (κ2) is 7.23. The third kappa shape index (κ3) is 3.61. The van der Waals surface area contributed by atoms with E-state index in [1.165, 1.54) is 6.07 Å². The zero-order valence-electron chi connectivity index (χ0n) is 12.8. The normalized spacial score (nSPS) is 13.7. The topological polar surface area (TPSA) is 21.3 Å². The van der Waals surface area contributed by atoms with Crippen molar-refractivity contribution < 1.29 is 9.13 Å². The number of hydrogen-bond acceptors (Lipinski definition) is 2. The lowest BCUT2D eigenvalue weighted by atomic mass is 10.00. The Balaban J connectivity index is 2.21. The Morgan fingerprint density at radius 1 is 1.05 bits per heavy atom. The lowest BCUT2D eigenvalue weighted by molar-refractivity contribution is 0.386. The molecule has 0 aromatic heterocycles. The molecule has 0 bridgehead atoms. The van der Waals surface area contributed by atoms with Gasteiger partial charge in [-0.3, -0.25) is 0 Å². The highest BCUT2D eigenvalue weighted by Crippen LogP contribution is 2.29. The molecular weight excluding hydrogens is 265 g/mol. The molecule has 0 aliphatic heterocycles. The Morgan fingerprint density at radius 2 is 1.67 bits per heavy atom. The molecule has 3 heteroatoms. The number of para-hydroxylation sites is 1. The molecule has 2 unspecified atom stereocenters. The van der Waals surface area contributed by atoms with Crippen LogP contribution in [-0.2, 0) is 0 Å². The Hall–Kier alpha value is -1.87. The fraction of sp³-hybridized carbons (Fsp3) is 0.333. The largest absolute Gasteiger partial charge is 0.496 e. The van der Waals surface area contributed by atoms with Gasteiger partial charge in [0, 0.05) is 23.2 Å². The van der Waals surface area contributed by atoms with Gasteiger partial charge in [-0.15, -0.1) is 0 Å². The fourth-order valence-electron chi connectivity index (χ4n) is 2.60. The molecule has 0 amide bonds. The lowest BCUT2D eigenvalue weighted by Gasteiger charge is -2.24. The van der Waals surface area contributed by atoms with Gasteiger partial charge in [0.15, 0.2) is 0 Å². The molecule has 21 heavy (non-hydrogen) atoms. The fourth-order valence-corrected chi connectivity index (χ4v) is 2.60. The minimum Gasteiger partial charge on any atom is -0.496 e. The second-order valence-corrected chi connectivity index (χ2v) is 5.11. The zero-order valence-corrected chi connectivity index (χ0v) is 12.8. The summed E-state index contributed by atoms with van der Waals surface area (Å²) < 4.78 is 19.3. The van der Waals surface area contributed by atoms with E-state index < -0.39 is 0 Å². The summed E-state index contributed by atoms with van der Waals surface area (Å²) in [5.74, 6) is 0.685. The molecule has 0 saturated carbocycles. The highest BCUT2D eigenvalue weighted by molar-refractivity contribution is 5.36. The molecular formula is C18H22FNO. The summed E-state index contributed by atoms with van der Waals surface area (Å²) in [6, 6.07) is 14.9. The van der Waals surface area contributed by atoms with Crippen LogP contribution in [0.25, 0.3) is 0 Å². The zero-order chi connectivity index (χ0) is 15.2. The number of rotatable bonds is 6. The molecule has 2 atom stereocenters. The average molecular weight is 287 g/mol. The van der Waals surface area contributed by atoms with Gasteiger partial charge in [-0.2, -0.15) is 0 Å². The van der Waals surface area contributed by atoms with Crippen LogP contribution in [-0.4, -0.2) is 7.11 Å². The van der Waals surface area contributed by atoms with Gasteiger partial charge in [-0.05, 0) is 25.5 Å². The van der Waals surface area contributed by atoms with Gasteiger partial charge in [0.1, 0.15) is 11.6 Å². The molecule has 1 N–H and O–H groups in total. The SMILES string of the molecule is CCC(NC(C)c1ccccc1F)c1ccccc1OC. The molecule has 0 aliphatic rings. The van der Waals surface area contributed by atoms with Crippen molar-refractivity contribution in [2.24, 2.45) is 0 Å². The van der Waals surface area contributed by atoms with E-state index in [2.05, 4.69) is 12.2 Å². The summed E-state index contributed by atoms with van der Waals surface area (Å²) in [5, 5.41) is 3.49. The maximum Gasteiger partial charge on any atom is 0.127 e. The van der Waals surface area contributed by atoms with Crippen LogP contribution in [0, 0.1) is 5.82 Å². The van der Waals surface area contributed by atoms with Crippen LogP contribution < -0.4 is 10.1 Å². The van der Waals surface area contributed by atoms with Crippen LogP contribution in [0.15, 0.2) is 48.5 Å². The van der Waals surface area contributed by atoms with Gasteiger partial charge in [-0.1, -0.05) is 43.3 Å². The summed E-state index contributed by atoms with van der Waals surface area (Å²) in [4.78, 5) is 0. The number of ether oxygens (including phenoxy) is 1. The van der Waals surface area contributed by atoms with Crippen LogP contribution in [0.4, 0.5) is 4.39 Å². The Labute approximate surface area is 126 Å². The van der Waals surface area contributed by atoms with Crippen molar-refractivity contribution in [1.82, 2.24) is 5.32 Å². The standard InChI is InChI=1S/C18H22FNO/c1-4-17(15-10-6-8-12-18(15)21-3)20-13(2)14-9-5-7-11-16(14)19/h5-13,17,20H,4H2,1-3H3. The first kappa shape index (κ1) is 15.5. The Morgan fingerprint density at radius 3 is 2.29 bits per heavy atom. The molecule has 0 saturated heterocycles. The average Bonchev–Trinajstić information content (AvgIpc) is 2.52. The van der Waals surface area contributed by atoms with Gasteiger partial charge in [-0.25, -0.2) is 4.39 Å². The Kier molecular flexibility index (Phi) is 5.34. The predicted molar refractivity (Wildman–Crippen MR) is 84.0 cm³/mol. The smallest absolute Gasteiger partial charge is 0.127 e. The van der Waals surface area contributed by atoms with Crippen molar-refractivity contribution in [3.8, 4) is 5.75 Å². The van der Waals surface area contributed by atoms with E-state index in [-0.39, 0.29) is 17.9 Å². The van der Waals surface area contributed by atoms with Gasteiger partial charge < -0.3 is 10.1 Å². The maximum atomic E-state index is 13.9. The third-order valence-corrected chi connectivity index (χ3v) is 3.75. The van der Waals surface area contributed by atoms with Gasteiger partial charge >= 0.3 is 0 Å². The highest BCUT2D eigenvalue weighted by Gasteiger charge is 2.18. The monoisotopic (exact) mass is 287 g/mol. The Bertz CT molecular complexity index is 585. The van der Waals surface area contributed by atoms with Crippen LogP contribution in [0.2, 0.25) is 0 Å². The summed E-state index contributed by atoms with van der Waals surface area (Å²) in [7, 11) is 1.67. The van der Waals surface area contributed by atoms with E-state index in [1.54, 1.807) is 13.2 Å². The second-order valence-electron chi connectivity index (χ2n) is 5.11. The minimum atomic E-state index is -0.174. The maximum absolute atomic E-state index is 13.9. The van der Waals surface area contributed by atoms with Crippen LogP contribution in [0.5, 0.6) is 5.75 Å². The van der Waals surface area contributed by atoms with Crippen molar-refractivity contribution in [3.63, 3.8) is 0 Å². The van der Waals surface area contributed by atoms with Crippen LogP contribution >= 0.6 is 0 Å². The summed E-state index contributed by atoms with van der Waals surface area (Å²) >= 11 is 0. The summed E-state index contributed by atoms with van der Waals surface area (Å²) in [5.41, 5.74) is 1.79. The van der Waals surface area contributed by atoms with Crippen LogP contribution in [0.3, 0.4) is 0 Å². The van der Waals surface area contributed by atoms with E-state index in [4.69, 9.17) is 4.74 Å². The summed E-state index contributed by atoms with van der Waals surface area (Å²) in [6.45, 7) is 4.09. The molecule has 0 heterocycles. The molecule has 2 nitrogen and oxygen atoms in total. The highest BCUT2D eigenvalue weighted by atomic mass is 19.1. The molecule has 2 aromatic carbocycles. The van der Waals surface area contributed by atoms with Crippen LogP contribution in [0.1, 0.15) is 43.5 Å². The van der Waals surface area contributed by atoms with E-state index in [0.29, 0.717) is 5.56 Å². The van der Waals surface area contributed by atoms with Crippen molar-refractivity contribution in [3.05, 3.63) is 65.5 Å². The molecule has 112 valence electrons. The molecule has 2 aromatic rings. The molecule has 0 radical (unpaired) electrons. The van der Waals surface area contributed by atoms with Crippen molar-refractivity contribution >= 4 is 0 Å². The van der Waals surface area contributed by atoms with Gasteiger partial charge in [0.2, 0.25) is 0 Å². The minimum absolute atomic E-state index is 0.0685. The first-order valence-electron chi connectivity index (χ1n) is 7.30. The first-order chi connectivity index (χ1) is 10.2. The van der Waals surface area contributed by atoms with E-state index in [0.717, 1.165) is 17.7 Å². The predicted octanol–water partition coefficient (Wildman–Crippen LogP) is 4.64. The van der Waals surface area contributed by atoms with Crippen molar-refractivity contribution in [2.45, 2.75) is 32.4 Å². The van der Waals surface area contributed by atoms with Crippen molar-refractivity contribution in [1.29, 1.82) is 0 Å². The molecule has 0 aliphatic carbocycles. The van der Waals surface area contributed by atoms with E-state index in [9.17, 15) is 4.39 Å². The lowest BCUT2D eigenvalue weighted by Crippen LogP contribution is -2.25. The third-order valence-electron chi connectivity index (χ3n) is 3.75. The number of hydrogen-bond donors (Lipinski definition) is 1. The van der Waals surface area contributed by atoms with E-state index in [1.807, 2.05) is 43.3 Å². The number of benzene rings is 2. The van der Waals surface area contributed by atoms with Crippen molar-refractivity contribution in [2.75, 3.05) is 7.11 Å². The number of halogens is 1. The molecule has 0 fully saturated rings. The number of nitrogens with one attached hydrogen (secondary N) is 1. The summed E-state index contributed by atoms with van der Waals surface area (Å²) in [6.07, 6.45) is 0.902. The van der Waals surface area contributed by atoms with Gasteiger partial charge in [0.25, 0.3) is 0 Å².